The lowest BCUT2D eigenvalue weighted by molar-refractivity contribution is 0.102. The van der Waals surface area contributed by atoms with Gasteiger partial charge in [0.2, 0.25) is 5.95 Å². The lowest BCUT2D eigenvalue weighted by Crippen LogP contribution is -2.34. The quantitative estimate of drug-likeness (QED) is 0.683. The molecule has 0 bridgehead atoms. The highest BCUT2D eigenvalue weighted by molar-refractivity contribution is 6.03. The average Bonchev–Trinajstić information content (AvgIpc) is 2.76. The van der Waals surface area contributed by atoms with Crippen molar-refractivity contribution in [1.82, 2.24) is 9.97 Å². The van der Waals surface area contributed by atoms with Crippen molar-refractivity contribution < 1.29 is 9.53 Å². The second-order valence-electron chi connectivity index (χ2n) is 7.33. The van der Waals surface area contributed by atoms with E-state index in [9.17, 15) is 4.79 Å². The number of hydrogen-bond donors (Lipinski definition) is 1. The number of nitrogens with zero attached hydrogens (tertiary/aromatic N) is 3. The third-order valence-electron chi connectivity index (χ3n) is 5.06. The molecular formula is C23H24N4O2. The molecule has 0 aliphatic carbocycles. The first-order valence-corrected chi connectivity index (χ1v) is 9.89. The van der Waals surface area contributed by atoms with Gasteiger partial charge >= 0.3 is 0 Å². The summed E-state index contributed by atoms with van der Waals surface area (Å²) in [6, 6.07) is 16.8. The van der Waals surface area contributed by atoms with Gasteiger partial charge in [-0.25, -0.2) is 9.97 Å². The van der Waals surface area contributed by atoms with E-state index in [1.165, 1.54) is 0 Å². The van der Waals surface area contributed by atoms with Crippen molar-refractivity contribution in [2.45, 2.75) is 19.8 Å². The predicted molar refractivity (Wildman–Crippen MR) is 114 cm³/mol. The zero-order chi connectivity index (χ0) is 20.1. The Kier molecular flexibility index (Phi) is 5.70. The molecule has 1 amide bonds. The topological polar surface area (TPSA) is 67.4 Å². The maximum absolute atomic E-state index is 12.5. The van der Waals surface area contributed by atoms with Crippen LogP contribution >= 0.6 is 0 Å². The van der Waals surface area contributed by atoms with Crippen molar-refractivity contribution in [2.24, 2.45) is 5.92 Å². The molecule has 29 heavy (non-hydrogen) atoms. The van der Waals surface area contributed by atoms with E-state index in [2.05, 4.69) is 27.1 Å². The number of aromatic nitrogens is 2. The number of amides is 1. The molecule has 148 valence electrons. The van der Waals surface area contributed by atoms with Gasteiger partial charge in [0.25, 0.3) is 5.91 Å². The number of hydrogen-bond acceptors (Lipinski definition) is 5. The van der Waals surface area contributed by atoms with Gasteiger partial charge in [-0.2, -0.15) is 0 Å². The summed E-state index contributed by atoms with van der Waals surface area (Å²) in [5, 5.41) is 2.87. The molecule has 1 aromatic heterocycles. The van der Waals surface area contributed by atoms with Crippen LogP contribution in [-0.4, -0.2) is 29.0 Å². The Morgan fingerprint density at radius 2 is 1.59 bits per heavy atom. The van der Waals surface area contributed by atoms with Gasteiger partial charge in [-0.3, -0.25) is 4.79 Å². The molecule has 2 aromatic carbocycles. The number of carbonyl (C=O) groups is 1. The van der Waals surface area contributed by atoms with Gasteiger partial charge in [0.15, 0.2) is 0 Å². The molecule has 6 heteroatoms. The van der Waals surface area contributed by atoms with E-state index in [1.54, 1.807) is 24.5 Å². The number of anilines is 2. The largest absolute Gasteiger partial charge is 0.457 e. The monoisotopic (exact) mass is 388 g/mol. The predicted octanol–water partition coefficient (Wildman–Crippen LogP) is 4.76. The highest BCUT2D eigenvalue weighted by atomic mass is 16.5. The first kappa shape index (κ1) is 18.9. The number of carbonyl (C=O) groups excluding carboxylic acids is 1. The van der Waals surface area contributed by atoms with Crippen LogP contribution in [0.2, 0.25) is 0 Å². The molecule has 0 unspecified atom stereocenters. The summed E-state index contributed by atoms with van der Waals surface area (Å²) in [6.45, 7) is 4.19. The Balaban J connectivity index is 1.35. The van der Waals surface area contributed by atoms with Gasteiger partial charge < -0.3 is 15.0 Å². The summed E-state index contributed by atoms with van der Waals surface area (Å²) in [5.41, 5.74) is 1.12. The molecule has 1 aliphatic rings. The van der Waals surface area contributed by atoms with Gasteiger partial charge in [-0.1, -0.05) is 25.1 Å². The van der Waals surface area contributed by atoms with Crippen LogP contribution in [0, 0.1) is 5.92 Å². The fourth-order valence-corrected chi connectivity index (χ4v) is 3.24. The zero-order valence-corrected chi connectivity index (χ0v) is 16.4. The third-order valence-corrected chi connectivity index (χ3v) is 5.06. The molecule has 1 fully saturated rings. The molecule has 1 N–H and O–H groups in total. The summed E-state index contributed by atoms with van der Waals surface area (Å²) < 4.78 is 5.76. The lowest BCUT2D eigenvalue weighted by atomic mass is 10.00. The fourth-order valence-electron chi connectivity index (χ4n) is 3.24. The van der Waals surface area contributed by atoms with Crippen LogP contribution < -0.4 is 15.0 Å². The zero-order valence-electron chi connectivity index (χ0n) is 16.4. The molecular weight excluding hydrogens is 364 g/mol. The van der Waals surface area contributed by atoms with Crippen molar-refractivity contribution in [3.8, 4) is 11.5 Å². The van der Waals surface area contributed by atoms with E-state index in [-0.39, 0.29) is 5.91 Å². The molecule has 0 spiro atoms. The Bertz CT molecular complexity index is 935. The first-order valence-electron chi connectivity index (χ1n) is 9.89. The number of nitrogens with one attached hydrogen (secondary N) is 1. The van der Waals surface area contributed by atoms with Crippen molar-refractivity contribution in [3.05, 3.63) is 72.6 Å². The average molecular weight is 388 g/mol. The molecule has 0 atom stereocenters. The van der Waals surface area contributed by atoms with Crippen LogP contribution in [0.15, 0.2) is 67.0 Å². The Morgan fingerprint density at radius 3 is 2.24 bits per heavy atom. The van der Waals surface area contributed by atoms with Gasteiger partial charge in [-0.05, 0) is 55.2 Å². The Morgan fingerprint density at radius 1 is 0.966 bits per heavy atom. The summed E-state index contributed by atoms with van der Waals surface area (Å²) in [4.78, 5) is 23.4. The highest BCUT2D eigenvalue weighted by Gasteiger charge is 2.18. The van der Waals surface area contributed by atoms with Crippen LogP contribution in [0.3, 0.4) is 0 Å². The van der Waals surface area contributed by atoms with Gasteiger partial charge in [0.1, 0.15) is 11.5 Å². The number of rotatable bonds is 5. The van der Waals surface area contributed by atoms with E-state index in [4.69, 9.17) is 4.74 Å². The maximum Gasteiger partial charge on any atom is 0.258 e. The molecule has 0 saturated carbocycles. The summed E-state index contributed by atoms with van der Waals surface area (Å²) in [7, 11) is 0. The SMILES string of the molecule is CC1CCN(c2ncc(C(=O)Nc3ccc(Oc4ccccc4)cc3)cn2)CC1. The van der Waals surface area contributed by atoms with E-state index in [1.807, 2.05) is 42.5 Å². The molecule has 3 aromatic rings. The summed E-state index contributed by atoms with van der Waals surface area (Å²) in [5.74, 6) is 2.68. The standard InChI is InChI=1S/C23H24N4O2/c1-17-11-13-27(14-12-17)23-24-15-18(16-25-23)22(28)26-19-7-9-21(10-8-19)29-20-5-3-2-4-6-20/h2-10,15-17H,11-14H2,1H3,(H,26,28). The minimum Gasteiger partial charge on any atom is -0.457 e. The van der Waals surface area contributed by atoms with Gasteiger partial charge in [0.05, 0.1) is 5.56 Å². The second kappa shape index (κ2) is 8.73. The first-order chi connectivity index (χ1) is 14.2. The van der Waals surface area contributed by atoms with Crippen LogP contribution in [-0.2, 0) is 0 Å². The number of para-hydroxylation sites is 1. The third kappa shape index (κ3) is 4.90. The van der Waals surface area contributed by atoms with Crippen LogP contribution in [0.5, 0.6) is 11.5 Å². The minimum atomic E-state index is -0.236. The van der Waals surface area contributed by atoms with Crippen molar-refractivity contribution in [2.75, 3.05) is 23.3 Å². The Labute approximate surface area is 170 Å². The molecule has 0 radical (unpaired) electrons. The van der Waals surface area contributed by atoms with E-state index in [0.29, 0.717) is 22.9 Å². The molecule has 1 saturated heterocycles. The van der Waals surface area contributed by atoms with Crippen molar-refractivity contribution >= 4 is 17.5 Å². The molecule has 1 aliphatic heterocycles. The fraction of sp³-hybridized carbons (Fsp3) is 0.261. The van der Waals surface area contributed by atoms with Crippen molar-refractivity contribution in [3.63, 3.8) is 0 Å². The molecule has 2 heterocycles. The van der Waals surface area contributed by atoms with Gasteiger partial charge in [-0.15, -0.1) is 0 Å². The van der Waals surface area contributed by atoms with Crippen LogP contribution in [0.1, 0.15) is 30.1 Å². The van der Waals surface area contributed by atoms with E-state index in [0.717, 1.165) is 37.6 Å². The van der Waals surface area contributed by atoms with Crippen LogP contribution in [0.25, 0.3) is 0 Å². The summed E-state index contributed by atoms with van der Waals surface area (Å²) >= 11 is 0. The molecule has 4 rings (SSSR count). The van der Waals surface area contributed by atoms with Crippen LogP contribution in [0.4, 0.5) is 11.6 Å². The lowest BCUT2D eigenvalue weighted by Gasteiger charge is -2.30. The van der Waals surface area contributed by atoms with Gasteiger partial charge in [0, 0.05) is 31.2 Å². The molecule has 6 nitrogen and oxygen atoms in total. The van der Waals surface area contributed by atoms with Crippen molar-refractivity contribution in [1.29, 1.82) is 0 Å². The maximum atomic E-state index is 12.5. The minimum absolute atomic E-state index is 0.236. The van der Waals surface area contributed by atoms with E-state index >= 15 is 0 Å². The van der Waals surface area contributed by atoms with E-state index < -0.39 is 0 Å². The Hall–Kier alpha value is -3.41. The smallest absolute Gasteiger partial charge is 0.258 e. The highest BCUT2D eigenvalue weighted by Crippen LogP contribution is 2.23. The summed E-state index contributed by atoms with van der Waals surface area (Å²) in [6.07, 6.45) is 5.47. The number of ether oxygens (including phenoxy) is 1. The number of benzene rings is 2. The second-order valence-corrected chi connectivity index (χ2v) is 7.33. The number of piperidine rings is 1. The normalized spacial score (nSPS) is 14.4.